The van der Waals surface area contributed by atoms with Crippen molar-refractivity contribution in [3.63, 3.8) is 0 Å². The number of unbranched alkanes of at least 4 members (excludes halogenated alkanes) is 1. The van der Waals surface area contributed by atoms with E-state index in [0.29, 0.717) is 19.4 Å². The fourth-order valence-corrected chi connectivity index (χ4v) is 1.95. The van der Waals surface area contributed by atoms with Gasteiger partial charge in [0.15, 0.2) is 5.92 Å². The van der Waals surface area contributed by atoms with Gasteiger partial charge < -0.3 is 9.47 Å². The summed E-state index contributed by atoms with van der Waals surface area (Å²) in [7, 11) is 0. The molecule has 0 amide bonds. The first-order valence-electron chi connectivity index (χ1n) is 7.56. The summed E-state index contributed by atoms with van der Waals surface area (Å²) < 4.78 is 10.1. The molecule has 0 spiro atoms. The van der Waals surface area contributed by atoms with Gasteiger partial charge >= 0.3 is 11.9 Å². The van der Waals surface area contributed by atoms with Crippen LogP contribution in [0.25, 0.3) is 0 Å². The van der Waals surface area contributed by atoms with Gasteiger partial charge in [0.05, 0.1) is 13.2 Å². The molecule has 0 aromatic heterocycles. The van der Waals surface area contributed by atoms with Gasteiger partial charge in [-0.25, -0.2) is 0 Å². The first-order chi connectivity index (χ1) is 10.2. The average molecular weight is 292 g/mol. The molecule has 0 saturated carbocycles. The maximum Gasteiger partial charge on any atom is 0.320 e. The Morgan fingerprint density at radius 3 is 2.33 bits per heavy atom. The summed E-state index contributed by atoms with van der Waals surface area (Å²) >= 11 is 0. The minimum atomic E-state index is -0.831. The highest BCUT2D eigenvalue weighted by molar-refractivity contribution is 5.94. The summed E-state index contributed by atoms with van der Waals surface area (Å²) in [4.78, 5) is 23.9. The molecule has 4 heteroatoms. The fraction of sp³-hybridized carbons (Fsp3) is 0.529. The van der Waals surface area contributed by atoms with Crippen LogP contribution in [0.4, 0.5) is 0 Å². The Kier molecular flexibility index (Phi) is 8.17. The first kappa shape index (κ1) is 17.2. The van der Waals surface area contributed by atoms with Crippen molar-refractivity contribution < 1.29 is 19.1 Å². The van der Waals surface area contributed by atoms with E-state index in [2.05, 4.69) is 0 Å². The minimum absolute atomic E-state index is 0.267. The lowest BCUT2D eigenvalue weighted by Crippen LogP contribution is -2.29. The van der Waals surface area contributed by atoms with E-state index < -0.39 is 17.9 Å². The molecule has 1 atom stereocenters. The molecule has 0 aliphatic rings. The van der Waals surface area contributed by atoms with Crippen LogP contribution in [0.15, 0.2) is 30.3 Å². The second-order valence-electron chi connectivity index (χ2n) is 4.85. The minimum Gasteiger partial charge on any atom is -0.465 e. The molecule has 0 saturated heterocycles. The zero-order valence-electron chi connectivity index (χ0n) is 12.8. The molecule has 0 radical (unpaired) electrons. The second-order valence-corrected chi connectivity index (χ2v) is 4.85. The van der Waals surface area contributed by atoms with Crippen LogP contribution in [0.3, 0.4) is 0 Å². The lowest BCUT2D eigenvalue weighted by atomic mass is 9.99. The summed E-state index contributed by atoms with van der Waals surface area (Å²) in [5.41, 5.74) is 1.09. The molecule has 1 rings (SSSR count). The van der Waals surface area contributed by atoms with Crippen LogP contribution in [0.1, 0.15) is 38.7 Å². The van der Waals surface area contributed by atoms with E-state index in [1.807, 2.05) is 37.3 Å². The third-order valence-corrected chi connectivity index (χ3v) is 3.16. The van der Waals surface area contributed by atoms with Crippen molar-refractivity contribution in [3.05, 3.63) is 35.9 Å². The fourth-order valence-electron chi connectivity index (χ4n) is 1.95. The quantitative estimate of drug-likeness (QED) is 0.398. The van der Waals surface area contributed by atoms with E-state index in [-0.39, 0.29) is 6.61 Å². The van der Waals surface area contributed by atoms with Gasteiger partial charge in [-0.2, -0.15) is 0 Å². The number of aryl methyl sites for hydroxylation is 1. The van der Waals surface area contributed by atoms with Gasteiger partial charge in [0.2, 0.25) is 0 Å². The van der Waals surface area contributed by atoms with E-state index >= 15 is 0 Å². The van der Waals surface area contributed by atoms with Gasteiger partial charge in [-0.3, -0.25) is 9.59 Å². The largest absolute Gasteiger partial charge is 0.465 e. The monoisotopic (exact) mass is 292 g/mol. The van der Waals surface area contributed by atoms with E-state index in [4.69, 9.17) is 9.47 Å². The van der Waals surface area contributed by atoms with Crippen molar-refractivity contribution in [2.45, 2.75) is 39.5 Å². The van der Waals surface area contributed by atoms with Crippen LogP contribution in [-0.4, -0.2) is 25.2 Å². The van der Waals surface area contributed by atoms with Gasteiger partial charge in [-0.05, 0) is 31.7 Å². The number of carbonyl (C=O) groups excluding carboxylic acids is 2. The van der Waals surface area contributed by atoms with Crippen LogP contribution < -0.4 is 0 Å². The smallest absolute Gasteiger partial charge is 0.320 e. The van der Waals surface area contributed by atoms with Crippen LogP contribution in [0.5, 0.6) is 0 Å². The molecule has 0 N–H and O–H groups in total. The Morgan fingerprint density at radius 2 is 1.71 bits per heavy atom. The predicted molar refractivity (Wildman–Crippen MR) is 80.8 cm³/mol. The van der Waals surface area contributed by atoms with Crippen LogP contribution in [0, 0.1) is 5.92 Å². The normalized spacial score (nSPS) is 11.7. The summed E-state index contributed by atoms with van der Waals surface area (Å²) in [6, 6.07) is 9.77. The highest BCUT2D eigenvalue weighted by Crippen LogP contribution is 2.14. The standard InChI is InChI=1S/C17H24O4/c1-3-5-13-21-17(19)15(16(18)20-4-2)12-11-14-9-7-6-8-10-14/h6-10,15H,3-5,11-13H2,1-2H3. The summed E-state index contributed by atoms with van der Waals surface area (Å²) in [5.74, 6) is -1.80. The van der Waals surface area contributed by atoms with E-state index in [0.717, 1.165) is 18.4 Å². The summed E-state index contributed by atoms with van der Waals surface area (Å²) in [5, 5.41) is 0. The molecule has 116 valence electrons. The van der Waals surface area contributed by atoms with Gasteiger partial charge in [-0.15, -0.1) is 0 Å². The van der Waals surface area contributed by atoms with Gasteiger partial charge in [0.1, 0.15) is 0 Å². The Morgan fingerprint density at radius 1 is 1.05 bits per heavy atom. The van der Waals surface area contributed by atoms with Crippen LogP contribution in [-0.2, 0) is 25.5 Å². The SMILES string of the molecule is CCCCOC(=O)C(CCc1ccccc1)C(=O)OCC. The van der Waals surface area contributed by atoms with Crippen LogP contribution in [0.2, 0.25) is 0 Å². The van der Waals surface area contributed by atoms with Crippen molar-refractivity contribution in [2.75, 3.05) is 13.2 Å². The zero-order valence-corrected chi connectivity index (χ0v) is 12.8. The molecule has 1 aromatic rings. The number of ether oxygens (including phenoxy) is 2. The van der Waals surface area contributed by atoms with Gasteiger partial charge in [0.25, 0.3) is 0 Å². The first-order valence-corrected chi connectivity index (χ1v) is 7.56. The topological polar surface area (TPSA) is 52.6 Å². The molecule has 0 aliphatic heterocycles. The molecule has 1 unspecified atom stereocenters. The number of hydrogen-bond donors (Lipinski definition) is 0. The number of benzene rings is 1. The Balaban J connectivity index is 2.59. The van der Waals surface area contributed by atoms with Crippen molar-refractivity contribution in [1.29, 1.82) is 0 Å². The molecule has 0 fully saturated rings. The molecule has 0 heterocycles. The van der Waals surface area contributed by atoms with Crippen LogP contribution >= 0.6 is 0 Å². The van der Waals surface area contributed by atoms with Crippen molar-refractivity contribution in [3.8, 4) is 0 Å². The molecule has 4 nitrogen and oxygen atoms in total. The molecule has 0 aliphatic carbocycles. The lowest BCUT2D eigenvalue weighted by molar-refractivity contribution is -0.162. The number of carbonyl (C=O) groups is 2. The van der Waals surface area contributed by atoms with Crippen molar-refractivity contribution in [2.24, 2.45) is 5.92 Å². The highest BCUT2D eigenvalue weighted by atomic mass is 16.6. The number of rotatable bonds is 9. The number of esters is 2. The van der Waals surface area contributed by atoms with Gasteiger partial charge in [0, 0.05) is 0 Å². The van der Waals surface area contributed by atoms with E-state index in [9.17, 15) is 9.59 Å². The third-order valence-electron chi connectivity index (χ3n) is 3.16. The predicted octanol–water partition coefficient (Wildman–Crippen LogP) is 3.14. The maximum atomic E-state index is 12.0. The third kappa shape index (κ3) is 6.43. The summed E-state index contributed by atoms with van der Waals surface area (Å²) in [6.07, 6.45) is 2.81. The maximum absolute atomic E-state index is 12.0. The van der Waals surface area contributed by atoms with E-state index in [1.165, 1.54) is 0 Å². The zero-order chi connectivity index (χ0) is 15.5. The molecule has 21 heavy (non-hydrogen) atoms. The lowest BCUT2D eigenvalue weighted by Gasteiger charge is -2.14. The Hall–Kier alpha value is -1.84. The molecular weight excluding hydrogens is 268 g/mol. The highest BCUT2D eigenvalue weighted by Gasteiger charge is 2.29. The summed E-state index contributed by atoms with van der Waals surface area (Å²) in [6.45, 7) is 4.38. The van der Waals surface area contributed by atoms with Crippen molar-refractivity contribution in [1.82, 2.24) is 0 Å². The Bertz CT molecular complexity index is 428. The number of hydrogen-bond acceptors (Lipinski definition) is 4. The molecular formula is C17H24O4. The second kappa shape index (κ2) is 9.97. The Labute approximate surface area is 126 Å². The molecule has 0 bridgehead atoms. The van der Waals surface area contributed by atoms with Gasteiger partial charge in [-0.1, -0.05) is 43.7 Å². The van der Waals surface area contributed by atoms with E-state index in [1.54, 1.807) is 6.92 Å². The molecule has 1 aromatic carbocycles. The van der Waals surface area contributed by atoms with Crippen molar-refractivity contribution >= 4 is 11.9 Å². The average Bonchev–Trinajstić information content (AvgIpc) is 2.49.